The van der Waals surface area contributed by atoms with Crippen LogP contribution in [0.3, 0.4) is 0 Å². The van der Waals surface area contributed by atoms with Crippen molar-refractivity contribution in [2.24, 2.45) is 0 Å². The van der Waals surface area contributed by atoms with E-state index in [2.05, 4.69) is 9.88 Å². The molecule has 0 spiro atoms. The molecule has 1 aromatic heterocycles. The summed E-state index contributed by atoms with van der Waals surface area (Å²) in [4.78, 5) is 20.4. The van der Waals surface area contributed by atoms with E-state index in [-0.39, 0.29) is 23.8 Å². The molecule has 1 N–H and O–H groups in total. The van der Waals surface area contributed by atoms with Crippen molar-refractivity contribution in [2.75, 3.05) is 26.2 Å². The number of aromatic nitrogens is 1. The van der Waals surface area contributed by atoms with E-state index in [1.165, 1.54) is 18.2 Å². The number of nitrogens with zero attached hydrogens (tertiary/aromatic N) is 2. The lowest BCUT2D eigenvalue weighted by Crippen LogP contribution is -2.37. The van der Waals surface area contributed by atoms with E-state index in [1.807, 2.05) is 30.5 Å². The third-order valence-electron chi connectivity index (χ3n) is 6.90. The van der Waals surface area contributed by atoms with Crippen molar-refractivity contribution >= 4 is 16.8 Å². The van der Waals surface area contributed by atoms with Crippen LogP contribution in [0.1, 0.15) is 34.3 Å². The minimum absolute atomic E-state index is 0.190. The summed E-state index contributed by atoms with van der Waals surface area (Å²) in [5.41, 5.74) is 2.25. The molecule has 5 rings (SSSR count). The summed E-state index contributed by atoms with van der Waals surface area (Å²) in [6, 6.07) is 16.7. The van der Waals surface area contributed by atoms with Crippen molar-refractivity contribution in [3.05, 3.63) is 95.4 Å². The van der Waals surface area contributed by atoms with Crippen LogP contribution in [0, 0.1) is 5.82 Å². The quantitative estimate of drug-likeness (QED) is 0.281. The molecular weight excluding hydrogens is 482 g/mol. The lowest BCUT2D eigenvalue weighted by atomic mass is 10.0. The van der Waals surface area contributed by atoms with Crippen LogP contribution < -0.4 is 0 Å². The van der Waals surface area contributed by atoms with Crippen molar-refractivity contribution in [3.63, 3.8) is 0 Å². The van der Waals surface area contributed by atoms with Crippen molar-refractivity contribution in [1.82, 2.24) is 14.8 Å². The number of hydrogen-bond acceptors (Lipinski definition) is 2. The Kier molecular flexibility index (Phi) is 7.02. The third kappa shape index (κ3) is 5.69. The molecule has 1 aliphatic rings. The molecule has 1 saturated heterocycles. The number of carbonyl (C=O) groups is 1. The van der Waals surface area contributed by atoms with E-state index in [4.69, 9.17) is 0 Å². The second-order valence-corrected chi connectivity index (χ2v) is 9.44. The average Bonchev–Trinajstić information content (AvgIpc) is 3.58. The van der Waals surface area contributed by atoms with Gasteiger partial charge in [0.25, 0.3) is 5.91 Å². The van der Waals surface area contributed by atoms with Gasteiger partial charge in [-0.15, -0.1) is 0 Å². The van der Waals surface area contributed by atoms with Gasteiger partial charge in [-0.05, 0) is 97.0 Å². The predicted molar refractivity (Wildman–Crippen MR) is 136 cm³/mol. The number of likely N-dealkylation sites (tertiary alicyclic amines) is 1. The van der Waals surface area contributed by atoms with Gasteiger partial charge in [0.2, 0.25) is 0 Å². The summed E-state index contributed by atoms with van der Waals surface area (Å²) in [5.74, 6) is -0.719. The molecule has 1 fully saturated rings. The van der Waals surface area contributed by atoms with Gasteiger partial charge in [-0.25, -0.2) is 4.39 Å². The SMILES string of the molecule is O=C(c1ccc(C(F)(F)F)cc1)N(CCN1CCCC1)Cc1ccc(F)c(-c2ccc3[nH]ccc3c2)c1. The Bertz CT molecular complexity index is 1390. The summed E-state index contributed by atoms with van der Waals surface area (Å²) in [6.45, 7) is 3.23. The number of H-pyrrole nitrogens is 1. The van der Waals surface area contributed by atoms with Gasteiger partial charge in [0.05, 0.1) is 5.56 Å². The second kappa shape index (κ2) is 10.4. The van der Waals surface area contributed by atoms with Crippen LogP contribution in [0.25, 0.3) is 22.0 Å². The molecule has 1 amide bonds. The highest BCUT2D eigenvalue weighted by Crippen LogP contribution is 2.30. The van der Waals surface area contributed by atoms with Crippen LogP contribution in [0.2, 0.25) is 0 Å². The number of hydrogen-bond donors (Lipinski definition) is 1. The highest BCUT2D eigenvalue weighted by molar-refractivity contribution is 5.94. The lowest BCUT2D eigenvalue weighted by Gasteiger charge is -2.26. The van der Waals surface area contributed by atoms with Gasteiger partial charge in [-0.1, -0.05) is 12.1 Å². The molecule has 3 aromatic carbocycles. The van der Waals surface area contributed by atoms with E-state index < -0.39 is 11.7 Å². The number of nitrogens with one attached hydrogen (secondary N) is 1. The van der Waals surface area contributed by atoms with Gasteiger partial charge in [-0.3, -0.25) is 4.79 Å². The maximum absolute atomic E-state index is 14.8. The first-order valence-electron chi connectivity index (χ1n) is 12.3. The zero-order valence-corrected chi connectivity index (χ0v) is 20.2. The first-order chi connectivity index (χ1) is 17.8. The summed E-state index contributed by atoms with van der Waals surface area (Å²) < 4.78 is 53.9. The molecule has 4 aromatic rings. The highest BCUT2D eigenvalue weighted by Gasteiger charge is 2.30. The second-order valence-electron chi connectivity index (χ2n) is 9.44. The van der Waals surface area contributed by atoms with Gasteiger partial charge in [0, 0.05) is 42.5 Å². The summed E-state index contributed by atoms with van der Waals surface area (Å²) >= 11 is 0. The van der Waals surface area contributed by atoms with Gasteiger partial charge in [0.15, 0.2) is 0 Å². The highest BCUT2D eigenvalue weighted by atomic mass is 19.4. The van der Waals surface area contributed by atoms with E-state index in [1.54, 1.807) is 17.0 Å². The van der Waals surface area contributed by atoms with Crippen LogP contribution in [-0.4, -0.2) is 46.9 Å². The minimum Gasteiger partial charge on any atom is -0.361 e. The zero-order chi connectivity index (χ0) is 26.0. The fraction of sp³-hybridized carbons (Fsp3) is 0.276. The van der Waals surface area contributed by atoms with Crippen LogP contribution in [0.5, 0.6) is 0 Å². The molecule has 0 unspecified atom stereocenters. The number of amides is 1. The van der Waals surface area contributed by atoms with E-state index >= 15 is 0 Å². The van der Waals surface area contributed by atoms with Crippen molar-refractivity contribution in [1.29, 1.82) is 0 Å². The van der Waals surface area contributed by atoms with E-state index in [9.17, 15) is 22.4 Å². The third-order valence-corrected chi connectivity index (χ3v) is 6.90. The molecule has 0 aliphatic carbocycles. The Hall–Kier alpha value is -3.65. The molecule has 8 heteroatoms. The molecule has 0 atom stereocenters. The van der Waals surface area contributed by atoms with Crippen LogP contribution >= 0.6 is 0 Å². The first kappa shape index (κ1) is 25.0. The Morgan fingerprint density at radius 2 is 1.70 bits per heavy atom. The van der Waals surface area contributed by atoms with Crippen molar-refractivity contribution in [2.45, 2.75) is 25.6 Å². The summed E-state index contributed by atoms with van der Waals surface area (Å²) in [7, 11) is 0. The molecule has 0 radical (unpaired) electrons. The van der Waals surface area contributed by atoms with Crippen LogP contribution in [-0.2, 0) is 12.7 Å². The van der Waals surface area contributed by atoms with Gasteiger partial charge >= 0.3 is 6.18 Å². The minimum atomic E-state index is -4.47. The topological polar surface area (TPSA) is 39.3 Å². The number of fused-ring (bicyclic) bond motifs is 1. The van der Waals surface area contributed by atoms with Gasteiger partial charge in [-0.2, -0.15) is 13.2 Å². The fourth-order valence-electron chi connectivity index (χ4n) is 4.84. The van der Waals surface area contributed by atoms with Gasteiger partial charge in [0.1, 0.15) is 5.82 Å². The normalized spacial score (nSPS) is 14.4. The smallest absolute Gasteiger partial charge is 0.361 e. The Balaban J connectivity index is 1.41. The number of rotatable bonds is 7. The average molecular weight is 510 g/mol. The first-order valence-corrected chi connectivity index (χ1v) is 12.3. The molecule has 192 valence electrons. The Morgan fingerprint density at radius 1 is 0.946 bits per heavy atom. The van der Waals surface area contributed by atoms with Crippen molar-refractivity contribution in [3.8, 4) is 11.1 Å². The van der Waals surface area contributed by atoms with Crippen LogP contribution in [0.4, 0.5) is 17.6 Å². The monoisotopic (exact) mass is 509 g/mol. The Labute approximate surface area is 212 Å². The molecular formula is C29H27F4N3O. The summed E-state index contributed by atoms with van der Waals surface area (Å²) in [6.07, 6.45) is -0.420. The predicted octanol–water partition coefficient (Wildman–Crippen LogP) is 6.73. The standard InChI is InChI=1S/C29H27F4N3O/c30-26-9-3-20(17-25(26)22-6-10-27-23(18-22)11-12-34-27)19-36(16-15-35-13-1-2-14-35)28(37)21-4-7-24(8-5-21)29(31,32)33/h3-12,17-18,34H,1-2,13-16,19H2. The molecule has 4 nitrogen and oxygen atoms in total. The zero-order valence-electron chi connectivity index (χ0n) is 20.2. The van der Waals surface area contributed by atoms with E-state index in [0.29, 0.717) is 18.7 Å². The number of benzene rings is 3. The maximum atomic E-state index is 14.8. The molecule has 37 heavy (non-hydrogen) atoms. The van der Waals surface area contributed by atoms with Crippen molar-refractivity contribution < 1.29 is 22.4 Å². The maximum Gasteiger partial charge on any atom is 0.416 e. The summed E-state index contributed by atoms with van der Waals surface area (Å²) in [5, 5.41) is 0.965. The molecule has 0 bridgehead atoms. The fourth-order valence-corrected chi connectivity index (χ4v) is 4.84. The van der Waals surface area contributed by atoms with Gasteiger partial charge < -0.3 is 14.8 Å². The largest absolute Gasteiger partial charge is 0.416 e. The molecule has 1 aliphatic heterocycles. The molecule has 2 heterocycles. The Morgan fingerprint density at radius 3 is 2.43 bits per heavy atom. The number of aromatic amines is 1. The lowest BCUT2D eigenvalue weighted by molar-refractivity contribution is -0.137. The van der Waals surface area contributed by atoms with E-state index in [0.717, 1.165) is 60.1 Å². The molecule has 0 saturated carbocycles. The number of alkyl halides is 3. The number of halogens is 4. The van der Waals surface area contributed by atoms with Crippen LogP contribution in [0.15, 0.2) is 72.9 Å². The number of carbonyl (C=O) groups excluding carboxylic acids is 1.